The van der Waals surface area contributed by atoms with Crippen molar-refractivity contribution in [2.24, 2.45) is 0 Å². The number of rotatable bonds is 3. The van der Waals surface area contributed by atoms with Crippen LogP contribution < -0.4 is 0 Å². The first-order chi connectivity index (χ1) is 6.86. The third kappa shape index (κ3) is 1.87. The molecule has 0 aliphatic carbocycles. The van der Waals surface area contributed by atoms with Crippen molar-refractivity contribution in [1.29, 1.82) is 0 Å². The van der Waals surface area contributed by atoms with Gasteiger partial charge in [-0.25, -0.2) is 0 Å². The van der Waals surface area contributed by atoms with Gasteiger partial charge in [0.2, 0.25) is 0 Å². The average Bonchev–Trinajstić information content (AvgIpc) is 2.42. The largest absolute Gasteiger partial charge is 0.435 e. The van der Waals surface area contributed by atoms with Crippen LogP contribution in [0.3, 0.4) is 0 Å². The monoisotopic (exact) mass is 251 g/mol. The Morgan fingerprint density at radius 3 is 1.73 bits per heavy atom. The third-order valence-electron chi connectivity index (χ3n) is 1.35. The Morgan fingerprint density at radius 1 is 0.933 bits per heavy atom. The molecule has 1 aromatic heterocycles. The number of hydrogen-bond donors (Lipinski definition) is 1. The Balaban J connectivity index is 3.59. The lowest BCUT2D eigenvalue weighted by Gasteiger charge is -1.87. The second-order valence-corrected chi connectivity index (χ2v) is 3.93. The Morgan fingerprint density at radius 2 is 1.40 bits per heavy atom. The number of thiophene rings is 1. The van der Waals surface area contributed by atoms with E-state index in [4.69, 9.17) is 0 Å². The topological polar surface area (TPSA) is 129 Å². The van der Waals surface area contributed by atoms with Gasteiger partial charge in [0.1, 0.15) is 4.21 Å². The molecule has 9 nitrogen and oxygen atoms in total. The fourth-order valence-corrected chi connectivity index (χ4v) is 2.08. The van der Waals surface area contributed by atoms with Gasteiger partial charge in [-0.1, -0.05) is 0 Å². The Bertz CT molecular complexity index is 467. The van der Waals surface area contributed by atoms with E-state index in [0.29, 0.717) is 0 Å². The highest BCUT2D eigenvalue weighted by atomic mass is 32.2. The standard InChI is InChI=1S/C4HN3O6S2/c8-5(9)1-2(6(10)11)4(14)15-3(1)7(12)13/h14H. The fraction of sp³-hybridized carbons (Fsp3) is 0. The maximum Gasteiger partial charge on any atom is 0.435 e. The van der Waals surface area contributed by atoms with Crippen molar-refractivity contribution in [2.75, 3.05) is 0 Å². The normalized spacial score (nSPS) is 9.93. The van der Waals surface area contributed by atoms with E-state index >= 15 is 0 Å². The van der Waals surface area contributed by atoms with Gasteiger partial charge in [0.15, 0.2) is 0 Å². The minimum atomic E-state index is -1.16. The Hall–Kier alpha value is -1.75. The first-order valence-electron chi connectivity index (χ1n) is 3.15. The smallest absolute Gasteiger partial charge is 0.258 e. The Kier molecular flexibility index (Phi) is 2.85. The minimum absolute atomic E-state index is 0.288. The van der Waals surface area contributed by atoms with Crippen LogP contribution in [0, 0.1) is 30.3 Å². The number of nitro groups is 3. The van der Waals surface area contributed by atoms with Crippen molar-refractivity contribution >= 4 is 40.3 Å². The predicted molar refractivity (Wildman–Crippen MR) is 51.5 cm³/mol. The highest BCUT2D eigenvalue weighted by molar-refractivity contribution is 7.83. The summed E-state index contributed by atoms with van der Waals surface area (Å²) in [5.41, 5.74) is -2.07. The van der Waals surface area contributed by atoms with Gasteiger partial charge in [0, 0.05) is 0 Å². The Labute approximate surface area is 90.2 Å². The molecular weight excluding hydrogens is 250 g/mol. The lowest BCUT2D eigenvalue weighted by Crippen LogP contribution is -1.96. The second kappa shape index (κ2) is 3.78. The molecule has 0 aliphatic heterocycles. The number of thiol groups is 1. The van der Waals surface area contributed by atoms with E-state index in [0.717, 1.165) is 0 Å². The highest BCUT2D eigenvalue weighted by Gasteiger charge is 2.42. The van der Waals surface area contributed by atoms with E-state index in [2.05, 4.69) is 12.6 Å². The molecule has 11 heteroatoms. The van der Waals surface area contributed by atoms with Crippen LogP contribution in [-0.2, 0) is 0 Å². The van der Waals surface area contributed by atoms with Crippen LogP contribution in [0.25, 0.3) is 0 Å². The molecule has 0 saturated carbocycles. The summed E-state index contributed by atoms with van der Waals surface area (Å²) in [4.78, 5) is 28.0. The van der Waals surface area contributed by atoms with Crippen molar-refractivity contribution in [2.45, 2.75) is 4.21 Å². The molecule has 0 aromatic carbocycles. The van der Waals surface area contributed by atoms with Crippen LogP contribution in [0.15, 0.2) is 4.21 Å². The van der Waals surface area contributed by atoms with Crippen LogP contribution in [0.1, 0.15) is 0 Å². The summed E-state index contributed by atoms with van der Waals surface area (Å²) in [7, 11) is 0. The molecule has 1 heterocycles. The van der Waals surface area contributed by atoms with Gasteiger partial charge < -0.3 is 0 Å². The van der Waals surface area contributed by atoms with Crippen molar-refractivity contribution in [3.63, 3.8) is 0 Å². The molecule has 0 fully saturated rings. The van der Waals surface area contributed by atoms with Gasteiger partial charge in [-0.2, -0.15) is 0 Å². The van der Waals surface area contributed by atoms with E-state index in [9.17, 15) is 30.3 Å². The van der Waals surface area contributed by atoms with Gasteiger partial charge in [0.25, 0.3) is 0 Å². The SMILES string of the molecule is O=[N+]([O-])c1sc(S)c([N+](=O)[O-])c1[N+](=O)[O-]. The molecule has 0 unspecified atom stereocenters. The molecule has 80 valence electrons. The predicted octanol–water partition coefficient (Wildman–Crippen LogP) is 1.76. The minimum Gasteiger partial charge on any atom is -0.258 e. The van der Waals surface area contributed by atoms with E-state index in [1.165, 1.54) is 0 Å². The average molecular weight is 251 g/mol. The van der Waals surface area contributed by atoms with Crippen LogP contribution in [-0.4, -0.2) is 14.8 Å². The first kappa shape index (κ1) is 11.3. The molecule has 15 heavy (non-hydrogen) atoms. The maximum absolute atomic E-state index is 10.4. The summed E-state index contributed by atoms with van der Waals surface area (Å²) in [6.07, 6.45) is 0. The van der Waals surface area contributed by atoms with Crippen LogP contribution in [0.4, 0.5) is 16.4 Å². The summed E-state index contributed by atoms with van der Waals surface area (Å²) in [6.45, 7) is 0. The summed E-state index contributed by atoms with van der Waals surface area (Å²) in [5.74, 6) is 0. The lowest BCUT2D eigenvalue weighted by atomic mass is 10.4. The molecular formula is C4HN3O6S2. The summed E-state index contributed by atoms with van der Waals surface area (Å²) >= 11 is 3.87. The van der Waals surface area contributed by atoms with Crippen molar-refractivity contribution in [3.05, 3.63) is 30.3 Å². The zero-order valence-electron chi connectivity index (χ0n) is 6.65. The zero-order valence-corrected chi connectivity index (χ0v) is 8.36. The highest BCUT2D eigenvalue weighted by Crippen LogP contribution is 2.47. The molecule has 1 rings (SSSR count). The second-order valence-electron chi connectivity index (χ2n) is 2.18. The quantitative estimate of drug-likeness (QED) is 0.494. The van der Waals surface area contributed by atoms with Gasteiger partial charge in [-0.3, -0.25) is 30.3 Å². The van der Waals surface area contributed by atoms with E-state index in [-0.39, 0.29) is 15.5 Å². The number of hydrogen-bond acceptors (Lipinski definition) is 8. The zero-order chi connectivity index (χ0) is 11.7. The molecule has 0 atom stereocenters. The van der Waals surface area contributed by atoms with Crippen LogP contribution in [0.5, 0.6) is 0 Å². The first-order valence-corrected chi connectivity index (χ1v) is 4.41. The molecule has 0 N–H and O–H groups in total. The lowest BCUT2D eigenvalue weighted by molar-refractivity contribution is -0.438. The van der Waals surface area contributed by atoms with Crippen molar-refractivity contribution in [1.82, 2.24) is 0 Å². The van der Waals surface area contributed by atoms with Crippen LogP contribution in [0.2, 0.25) is 0 Å². The van der Waals surface area contributed by atoms with Gasteiger partial charge >= 0.3 is 16.4 Å². The summed E-state index contributed by atoms with van der Waals surface area (Å²) in [5, 5.41) is 30.3. The summed E-state index contributed by atoms with van der Waals surface area (Å²) in [6, 6.07) is 0. The van der Waals surface area contributed by atoms with E-state index < -0.39 is 31.1 Å². The van der Waals surface area contributed by atoms with Gasteiger partial charge in [-0.05, 0) is 11.3 Å². The maximum atomic E-state index is 10.4. The van der Waals surface area contributed by atoms with Crippen LogP contribution >= 0.6 is 24.0 Å². The van der Waals surface area contributed by atoms with Gasteiger partial charge in [-0.15, -0.1) is 12.6 Å². The molecule has 0 radical (unpaired) electrons. The van der Waals surface area contributed by atoms with Gasteiger partial charge in [0.05, 0.1) is 14.8 Å². The van der Waals surface area contributed by atoms with Crippen molar-refractivity contribution < 1.29 is 14.8 Å². The van der Waals surface area contributed by atoms with E-state index in [1.807, 2.05) is 0 Å². The molecule has 1 aromatic rings. The van der Waals surface area contributed by atoms with E-state index in [1.54, 1.807) is 0 Å². The molecule has 0 bridgehead atoms. The third-order valence-corrected chi connectivity index (χ3v) is 2.76. The molecule has 0 spiro atoms. The molecule has 0 aliphatic rings. The fourth-order valence-electron chi connectivity index (χ4n) is 0.844. The molecule has 0 saturated heterocycles. The number of nitrogens with zero attached hydrogens (tertiary/aromatic N) is 3. The van der Waals surface area contributed by atoms with Crippen molar-refractivity contribution in [3.8, 4) is 0 Å². The molecule has 0 amide bonds. The summed E-state index contributed by atoms with van der Waals surface area (Å²) < 4.78 is -0.363.